The number of anilines is 1. The number of carbonyl (C=O) groups excluding carboxylic acids is 2. The van der Waals surface area contributed by atoms with Crippen LogP contribution < -0.4 is 10.1 Å². The second-order valence-electron chi connectivity index (χ2n) is 7.77. The van der Waals surface area contributed by atoms with Crippen LogP contribution in [-0.4, -0.2) is 22.8 Å². The van der Waals surface area contributed by atoms with E-state index >= 15 is 0 Å². The van der Waals surface area contributed by atoms with E-state index in [2.05, 4.69) is 5.32 Å². The topological polar surface area (TPSA) is 58.6 Å². The minimum atomic E-state index is -0.723. The fourth-order valence-corrected chi connectivity index (χ4v) is 3.83. The fourth-order valence-electron chi connectivity index (χ4n) is 3.71. The molecule has 0 aliphatic carbocycles. The van der Waals surface area contributed by atoms with Gasteiger partial charge in [0.15, 0.2) is 6.10 Å². The molecule has 0 unspecified atom stereocenters. The number of amides is 2. The van der Waals surface area contributed by atoms with Gasteiger partial charge in [0.2, 0.25) is 0 Å². The van der Waals surface area contributed by atoms with E-state index in [0.717, 1.165) is 6.07 Å². The summed E-state index contributed by atoms with van der Waals surface area (Å²) in [7, 11) is 0. The zero-order valence-electron chi connectivity index (χ0n) is 17.8. The lowest BCUT2D eigenvalue weighted by atomic mass is 10.1. The van der Waals surface area contributed by atoms with Gasteiger partial charge in [-0.15, -0.1) is 0 Å². The van der Waals surface area contributed by atoms with Gasteiger partial charge in [-0.2, -0.15) is 0 Å². The number of carbonyl (C=O) groups is 2. The van der Waals surface area contributed by atoms with Gasteiger partial charge >= 0.3 is 0 Å². The number of hydrogen-bond donors (Lipinski definition) is 1. The third kappa shape index (κ3) is 5.31. The van der Waals surface area contributed by atoms with E-state index in [1.165, 1.54) is 17.0 Å². The highest BCUT2D eigenvalue weighted by Gasteiger charge is 2.30. The molecule has 1 aliphatic rings. The Hall–Kier alpha value is -3.45. The average molecular weight is 471 g/mol. The summed E-state index contributed by atoms with van der Waals surface area (Å²) in [5.74, 6) is -1.47. The van der Waals surface area contributed by atoms with E-state index in [-0.39, 0.29) is 24.9 Å². The average Bonchev–Trinajstić information content (AvgIpc) is 2.89. The van der Waals surface area contributed by atoms with Crippen LogP contribution in [0.4, 0.5) is 14.5 Å². The summed E-state index contributed by atoms with van der Waals surface area (Å²) < 4.78 is 33.2. The molecule has 0 aromatic heterocycles. The molecule has 5 nitrogen and oxygen atoms in total. The van der Waals surface area contributed by atoms with Crippen LogP contribution in [0.1, 0.15) is 34.8 Å². The van der Waals surface area contributed by atoms with Crippen molar-refractivity contribution in [2.24, 2.45) is 0 Å². The van der Waals surface area contributed by atoms with E-state index in [4.69, 9.17) is 16.3 Å². The van der Waals surface area contributed by atoms with Gasteiger partial charge in [0.05, 0.1) is 0 Å². The van der Waals surface area contributed by atoms with Gasteiger partial charge in [-0.3, -0.25) is 9.59 Å². The maximum absolute atomic E-state index is 13.7. The Morgan fingerprint density at radius 1 is 1.09 bits per heavy atom. The predicted octanol–water partition coefficient (Wildman–Crippen LogP) is 5.57. The van der Waals surface area contributed by atoms with E-state index in [1.807, 2.05) is 6.92 Å². The molecule has 0 bridgehead atoms. The highest BCUT2D eigenvalue weighted by molar-refractivity contribution is 6.30. The van der Waals surface area contributed by atoms with Gasteiger partial charge in [0.1, 0.15) is 17.4 Å². The van der Waals surface area contributed by atoms with E-state index in [1.54, 1.807) is 42.5 Å². The third-order valence-electron chi connectivity index (χ3n) is 5.31. The van der Waals surface area contributed by atoms with Crippen LogP contribution in [0, 0.1) is 11.6 Å². The monoisotopic (exact) mass is 470 g/mol. The molecule has 0 saturated carbocycles. The Labute approximate surface area is 194 Å². The van der Waals surface area contributed by atoms with Gasteiger partial charge in [-0.25, -0.2) is 8.78 Å². The molecule has 1 atom stereocenters. The van der Waals surface area contributed by atoms with Crippen molar-refractivity contribution in [3.63, 3.8) is 0 Å². The van der Waals surface area contributed by atoms with Crippen molar-refractivity contribution >= 4 is 29.1 Å². The number of ether oxygens (including phenoxy) is 1. The molecule has 1 N–H and O–H groups in total. The van der Waals surface area contributed by atoms with Crippen molar-refractivity contribution < 1.29 is 23.1 Å². The lowest BCUT2D eigenvalue weighted by Gasteiger charge is -2.23. The van der Waals surface area contributed by atoms with E-state index in [9.17, 15) is 18.4 Å². The standard InChI is InChI=1S/C25H21ClF2N2O3/c1-2-22-25(32)30(13-15-9-19(27)12-20(28)10-15)14-17-11-21(7-8-23(17)33-22)29-24(31)16-3-5-18(26)6-4-16/h3-12,22H,2,13-14H2,1H3,(H,29,31)/t22-/m1/s1. The number of fused-ring (bicyclic) bond motifs is 1. The summed E-state index contributed by atoms with van der Waals surface area (Å²) in [6.45, 7) is 2.01. The molecule has 1 heterocycles. The zero-order chi connectivity index (χ0) is 23.5. The van der Waals surface area contributed by atoms with Gasteiger partial charge in [0, 0.05) is 41.0 Å². The second kappa shape index (κ2) is 9.58. The number of halogens is 3. The maximum atomic E-state index is 13.7. The first-order valence-corrected chi connectivity index (χ1v) is 10.8. The lowest BCUT2D eigenvalue weighted by molar-refractivity contribution is -0.139. The molecular weight excluding hydrogens is 450 g/mol. The van der Waals surface area contributed by atoms with Crippen LogP contribution in [0.5, 0.6) is 5.75 Å². The van der Waals surface area contributed by atoms with Crippen LogP contribution in [0.3, 0.4) is 0 Å². The Balaban J connectivity index is 1.59. The summed E-state index contributed by atoms with van der Waals surface area (Å²) in [5, 5.41) is 3.35. The van der Waals surface area contributed by atoms with Crippen LogP contribution >= 0.6 is 11.6 Å². The molecule has 0 fully saturated rings. The number of benzene rings is 3. The summed E-state index contributed by atoms with van der Waals surface area (Å²) in [4.78, 5) is 27.1. The second-order valence-corrected chi connectivity index (χ2v) is 8.21. The number of nitrogens with zero attached hydrogens (tertiary/aromatic N) is 1. The third-order valence-corrected chi connectivity index (χ3v) is 5.56. The lowest BCUT2D eigenvalue weighted by Crippen LogP contribution is -2.38. The largest absolute Gasteiger partial charge is 0.480 e. The summed E-state index contributed by atoms with van der Waals surface area (Å²) >= 11 is 5.88. The smallest absolute Gasteiger partial charge is 0.264 e. The molecule has 170 valence electrons. The van der Waals surface area contributed by atoms with Crippen LogP contribution in [0.2, 0.25) is 5.02 Å². The highest BCUT2D eigenvalue weighted by atomic mass is 35.5. The van der Waals surface area contributed by atoms with Crippen molar-refractivity contribution in [2.45, 2.75) is 32.5 Å². The molecule has 3 aromatic rings. The molecule has 4 rings (SSSR count). The van der Waals surface area contributed by atoms with Crippen molar-refractivity contribution in [2.75, 3.05) is 5.32 Å². The van der Waals surface area contributed by atoms with Crippen LogP contribution in [-0.2, 0) is 17.9 Å². The summed E-state index contributed by atoms with van der Waals surface area (Å²) in [5.41, 5.74) is 1.98. The normalized spacial score (nSPS) is 15.5. The Bertz CT molecular complexity index is 1180. The van der Waals surface area contributed by atoms with Crippen LogP contribution in [0.15, 0.2) is 60.7 Å². The number of hydrogen-bond acceptors (Lipinski definition) is 3. The van der Waals surface area contributed by atoms with Gasteiger partial charge in [0.25, 0.3) is 11.8 Å². The van der Waals surface area contributed by atoms with E-state index < -0.39 is 17.7 Å². The highest BCUT2D eigenvalue weighted by Crippen LogP contribution is 2.30. The molecule has 8 heteroatoms. The quantitative estimate of drug-likeness (QED) is 0.530. The molecule has 3 aromatic carbocycles. The first-order chi connectivity index (χ1) is 15.8. The number of rotatable bonds is 5. The number of nitrogens with one attached hydrogen (secondary N) is 1. The molecule has 1 aliphatic heterocycles. The Morgan fingerprint density at radius 2 is 1.79 bits per heavy atom. The van der Waals surface area contributed by atoms with Crippen molar-refractivity contribution in [1.82, 2.24) is 4.90 Å². The van der Waals surface area contributed by atoms with Gasteiger partial charge < -0.3 is 15.0 Å². The molecule has 2 amide bonds. The summed E-state index contributed by atoms with van der Waals surface area (Å²) in [6, 6.07) is 14.8. The van der Waals surface area contributed by atoms with Crippen molar-refractivity contribution in [3.8, 4) is 5.75 Å². The van der Waals surface area contributed by atoms with Crippen LogP contribution in [0.25, 0.3) is 0 Å². The molecular formula is C25H21ClF2N2O3. The molecule has 0 radical (unpaired) electrons. The first-order valence-electron chi connectivity index (χ1n) is 10.4. The molecule has 33 heavy (non-hydrogen) atoms. The molecule has 0 spiro atoms. The summed E-state index contributed by atoms with van der Waals surface area (Å²) in [6.07, 6.45) is -0.291. The Kier molecular flexibility index (Phi) is 6.60. The predicted molar refractivity (Wildman–Crippen MR) is 121 cm³/mol. The van der Waals surface area contributed by atoms with Gasteiger partial charge in [-0.05, 0) is 66.6 Å². The SMILES string of the molecule is CC[C@H]1Oc2ccc(NC(=O)c3ccc(Cl)cc3)cc2CN(Cc2cc(F)cc(F)c2)C1=O. The van der Waals surface area contributed by atoms with Gasteiger partial charge in [-0.1, -0.05) is 18.5 Å². The minimum Gasteiger partial charge on any atom is -0.480 e. The first kappa shape index (κ1) is 22.7. The zero-order valence-corrected chi connectivity index (χ0v) is 18.5. The van der Waals surface area contributed by atoms with Crippen molar-refractivity contribution in [3.05, 3.63) is 94.0 Å². The minimum absolute atomic E-state index is 0.0220. The molecule has 0 saturated heterocycles. The van der Waals surface area contributed by atoms with Crippen molar-refractivity contribution in [1.29, 1.82) is 0 Å². The maximum Gasteiger partial charge on any atom is 0.264 e. The fraction of sp³-hybridized carbons (Fsp3) is 0.200. The Morgan fingerprint density at radius 3 is 2.45 bits per heavy atom. The van der Waals surface area contributed by atoms with E-state index in [0.29, 0.717) is 39.6 Å².